The molecule has 0 unspecified atom stereocenters. The molecule has 39 heavy (non-hydrogen) atoms. The summed E-state index contributed by atoms with van der Waals surface area (Å²) < 4.78 is 27.6. The Morgan fingerprint density at radius 2 is 1.46 bits per heavy atom. The van der Waals surface area contributed by atoms with Crippen molar-refractivity contribution in [3.05, 3.63) is 47.7 Å². The molecule has 206 valence electrons. The normalized spacial score (nSPS) is 22.2. The number of carbonyl (C=O) groups excluding carboxylic acids is 4. The number of hydrogen-bond acceptors (Lipinski definition) is 12. The molecule has 1 aromatic carbocycles. The van der Waals surface area contributed by atoms with Crippen LogP contribution in [-0.4, -0.2) is 66.0 Å². The molecular weight excluding hydrogens is 510 g/mol. The van der Waals surface area contributed by atoms with Gasteiger partial charge in [-0.2, -0.15) is 5.26 Å². The Labute approximate surface area is 224 Å². The van der Waals surface area contributed by atoms with Gasteiger partial charge in [0.2, 0.25) is 0 Å². The zero-order valence-corrected chi connectivity index (χ0v) is 21.9. The lowest BCUT2D eigenvalue weighted by molar-refractivity contribution is -0.252. The van der Waals surface area contributed by atoms with Gasteiger partial charge in [-0.05, 0) is 11.6 Å². The van der Waals surface area contributed by atoms with Crippen LogP contribution in [-0.2, 0) is 49.3 Å². The van der Waals surface area contributed by atoms with E-state index in [1.165, 1.54) is 13.8 Å². The molecule has 1 saturated heterocycles. The van der Waals surface area contributed by atoms with Crippen LogP contribution < -0.4 is 5.73 Å². The highest BCUT2D eigenvalue weighted by Crippen LogP contribution is 2.33. The van der Waals surface area contributed by atoms with Crippen LogP contribution in [0.15, 0.2) is 36.4 Å². The first kappa shape index (κ1) is 29.1. The Kier molecular flexibility index (Phi) is 9.57. The Hall–Kier alpha value is -4.50. The summed E-state index contributed by atoms with van der Waals surface area (Å²) in [6.45, 7) is 4.32. The van der Waals surface area contributed by atoms with Crippen molar-refractivity contribution < 1.29 is 42.9 Å². The largest absolute Gasteiger partial charge is 0.463 e. The van der Waals surface area contributed by atoms with E-state index >= 15 is 0 Å². The molecule has 12 nitrogen and oxygen atoms in total. The number of pyridine rings is 1. The highest BCUT2D eigenvalue weighted by molar-refractivity contribution is 5.75. The minimum absolute atomic E-state index is 0.0144. The van der Waals surface area contributed by atoms with E-state index in [1.807, 2.05) is 30.3 Å². The lowest BCUT2D eigenvalue weighted by atomic mass is 9.91. The number of hydrogen-bond donors (Lipinski definition) is 1. The van der Waals surface area contributed by atoms with Gasteiger partial charge >= 0.3 is 23.9 Å². The summed E-state index contributed by atoms with van der Waals surface area (Å²) in [7, 11) is 0. The van der Waals surface area contributed by atoms with Crippen molar-refractivity contribution in [1.29, 1.82) is 5.26 Å². The second-order valence-corrected chi connectivity index (χ2v) is 8.84. The van der Waals surface area contributed by atoms with Crippen LogP contribution in [0.1, 0.15) is 39.0 Å². The van der Waals surface area contributed by atoms with Crippen LogP contribution in [0.4, 0.5) is 5.82 Å². The summed E-state index contributed by atoms with van der Waals surface area (Å²) in [5.74, 6) is -2.78. The number of anilines is 1. The smallest absolute Gasteiger partial charge is 0.303 e. The molecule has 0 bridgehead atoms. The average molecular weight is 540 g/mol. The first-order valence-corrected chi connectivity index (χ1v) is 12.1. The van der Waals surface area contributed by atoms with Crippen LogP contribution in [0, 0.1) is 11.3 Å². The third-order valence-electron chi connectivity index (χ3n) is 5.79. The molecule has 0 amide bonds. The zero-order valence-electron chi connectivity index (χ0n) is 21.9. The molecule has 1 fully saturated rings. The number of nitriles is 1. The summed E-state index contributed by atoms with van der Waals surface area (Å²) in [4.78, 5) is 51.9. The lowest BCUT2D eigenvalue weighted by Gasteiger charge is -2.44. The third-order valence-corrected chi connectivity index (χ3v) is 5.79. The van der Waals surface area contributed by atoms with Crippen LogP contribution >= 0.6 is 0 Å². The third kappa shape index (κ3) is 7.52. The van der Waals surface area contributed by atoms with Gasteiger partial charge in [-0.15, -0.1) is 0 Å². The Morgan fingerprint density at radius 1 is 0.897 bits per heavy atom. The van der Waals surface area contributed by atoms with Crippen molar-refractivity contribution in [2.45, 2.75) is 64.6 Å². The number of aromatic nitrogens is 1. The molecule has 1 aliphatic heterocycles. The van der Waals surface area contributed by atoms with Gasteiger partial charge in [-0.3, -0.25) is 19.2 Å². The number of carbonyl (C=O) groups is 4. The van der Waals surface area contributed by atoms with Gasteiger partial charge in [-0.25, -0.2) is 4.98 Å². The molecule has 2 aromatic rings. The first-order valence-electron chi connectivity index (χ1n) is 12.1. The van der Waals surface area contributed by atoms with Gasteiger partial charge in [0.25, 0.3) is 0 Å². The molecule has 0 spiro atoms. The van der Waals surface area contributed by atoms with E-state index in [4.69, 9.17) is 29.4 Å². The molecule has 0 radical (unpaired) electrons. The van der Waals surface area contributed by atoms with Crippen molar-refractivity contribution in [3.63, 3.8) is 0 Å². The highest BCUT2D eigenvalue weighted by atomic mass is 16.7. The molecule has 0 saturated carbocycles. The van der Waals surface area contributed by atoms with E-state index in [0.29, 0.717) is 11.3 Å². The van der Waals surface area contributed by atoms with Crippen LogP contribution in [0.2, 0.25) is 0 Å². The Balaban J connectivity index is 2.08. The highest BCUT2D eigenvalue weighted by Gasteiger charge is 2.52. The summed E-state index contributed by atoms with van der Waals surface area (Å²) >= 11 is 0. The molecule has 5 atom stereocenters. The van der Waals surface area contributed by atoms with Crippen LogP contribution in [0.3, 0.4) is 0 Å². The maximum atomic E-state index is 12.1. The summed E-state index contributed by atoms with van der Waals surface area (Å²) in [6, 6.07) is 12.8. The van der Waals surface area contributed by atoms with Gasteiger partial charge in [0, 0.05) is 45.4 Å². The van der Waals surface area contributed by atoms with E-state index in [0.717, 1.165) is 19.4 Å². The van der Waals surface area contributed by atoms with E-state index in [9.17, 15) is 24.4 Å². The number of ether oxygens (including phenoxy) is 5. The number of esters is 4. The number of nitrogens with two attached hydrogens (primary N) is 1. The maximum absolute atomic E-state index is 12.1. The fraction of sp³-hybridized carbons (Fsp3) is 0.407. The van der Waals surface area contributed by atoms with Crippen molar-refractivity contribution in [2.75, 3.05) is 12.3 Å². The topological polar surface area (TPSA) is 177 Å². The average Bonchev–Trinajstić information content (AvgIpc) is 2.86. The molecule has 12 heteroatoms. The number of benzene rings is 1. The molecule has 2 N–H and O–H groups in total. The van der Waals surface area contributed by atoms with E-state index in [-0.39, 0.29) is 24.4 Å². The summed E-state index contributed by atoms with van der Waals surface area (Å²) in [5.41, 5.74) is 7.95. The quantitative estimate of drug-likeness (QED) is 0.381. The number of nitrogens with zero attached hydrogens (tertiary/aromatic N) is 2. The number of nitrogen functional groups attached to an aromatic ring is 1. The van der Waals surface area contributed by atoms with Crippen molar-refractivity contribution in [2.24, 2.45) is 0 Å². The van der Waals surface area contributed by atoms with Crippen molar-refractivity contribution >= 4 is 29.7 Å². The zero-order chi connectivity index (χ0) is 28.7. The Morgan fingerprint density at radius 3 is 2.00 bits per heavy atom. The second kappa shape index (κ2) is 12.8. The Bertz CT molecular complexity index is 1280. The van der Waals surface area contributed by atoms with Crippen molar-refractivity contribution in [3.8, 4) is 17.2 Å². The second-order valence-electron chi connectivity index (χ2n) is 8.84. The summed E-state index contributed by atoms with van der Waals surface area (Å²) in [5, 5.41) is 9.69. The summed E-state index contributed by atoms with van der Waals surface area (Å²) in [6.07, 6.45) is -5.89. The molecule has 0 aliphatic carbocycles. The van der Waals surface area contributed by atoms with E-state index < -0.39 is 54.4 Å². The molecule has 1 aliphatic rings. The molecular formula is C27H29N3O9. The van der Waals surface area contributed by atoms with Gasteiger partial charge < -0.3 is 29.4 Å². The van der Waals surface area contributed by atoms with Gasteiger partial charge in [0.15, 0.2) is 18.3 Å². The van der Waals surface area contributed by atoms with E-state index in [2.05, 4.69) is 11.1 Å². The number of rotatable bonds is 8. The van der Waals surface area contributed by atoms with Crippen molar-refractivity contribution in [1.82, 2.24) is 4.98 Å². The lowest BCUT2D eigenvalue weighted by Crippen LogP contribution is -2.62. The van der Waals surface area contributed by atoms with Crippen LogP contribution in [0.25, 0.3) is 11.1 Å². The fourth-order valence-electron chi connectivity index (χ4n) is 4.38. The standard InChI is InChI=1S/C27H29N3O9/c1-14(31)35-13-23-25(37-16(3)33)26(38-17(4)34)24(36-15(2)32)22(39-23)11-19-10-20(18-8-6-5-7-9-18)21(12-28)27(29)30-19/h5-10,22-26H,11,13H2,1-4H3,(H2,29,30)/t22-,23+,24-,25+,26+/m0/s1. The maximum Gasteiger partial charge on any atom is 0.303 e. The van der Waals surface area contributed by atoms with Crippen LogP contribution in [0.5, 0.6) is 0 Å². The predicted molar refractivity (Wildman–Crippen MR) is 134 cm³/mol. The van der Waals surface area contributed by atoms with Gasteiger partial charge in [-0.1, -0.05) is 30.3 Å². The predicted octanol–water partition coefficient (Wildman–Crippen LogP) is 1.87. The minimum Gasteiger partial charge on any atom is -0.463 e. The van der Waals surface area contributed by atoms with E-state index in [1.54, 1.807) is 6.07 Å². The molecule has 3 rings (SSSR count). The molecule has 1 aromatic heterocycles. The minimum atomic E-state index is -1.29. The van der Waals surface area contributed by atoms with Gasteiger partial charge in [0.05, 0.1) is 0 Å². The monoisotopic (exact) mass is 539 g/mol. The SMILES string of the molecule is CC(=O)OC[C@H]1O[C@@H](Cc2cc(-c3ccccc3)c(C#N)c(N)n2)[C@H](OC(C)=O)[C@@H](OC(C)=O)[C@@H]1OC(C)=O. The first-order chi connectivity index (χ1) is 18.5. The molecule has 2 heterocycles. The fourth-order valence-corrected chi connectivity index (χ4v) is 4.38. The van der Waals surface area contributed by atoms with Gasteiger partial charge in [0.1, 0.15) is 36.3 Å².